The standard InChI is InChI=1S/C41H25N5/c1-2-9-26(10-3-1)27-16-20-30(21-17-27)39-44-40(35-25-31-11-4-5-13-32(31)33-14-6-7-15-34(33)35)46-41(45-39)36-23-22-29-19-18-28-12-8-24-42-37(28)38(29)43-36/h1-25H. The van der Waals surface area contributed by atoms with Crippen molar-refractivity contribution in [3.63, 3.8) is 0 Å². The van der Waals surface area contributed by atoms with Gasteiger partial charge in [-0.2, -0.15) is 0 Å². The first-order valence-corrected chi connectivity index (χ1v) is 15.3. The van der Waals surface area contributed by atoms with Gasteiger partial charge < -0.3 is 0 Å². The Morgan fingerprint density at radius 3 is 1.80 bits per heavy atom. The summed E-state index contributed by atoms with van der Waals surface area (Å²) in [6.45, 7) is 0. The number of hydrogen-bond donors (Lipinski definition) is 0. The Balaban J connectivity index is 1.28. The molecule has 0 amide bonds. The Morgan fingerprint density at radius 2 is 0.957 bits per heavy atom. The van der Waals surface area contributed by atoms with Crippen LogP contribution in [0.4, 0.5) is 0 Å². The van der Waals surface area contributed by atoms with Gasteiger partial charge in [0.2, 0.25) is 0 Å². The highest BCUT2D eigenvalue weighted by atomic mass is 15.0. The van der Waals surface area contributed by atoms with Crippen LogP contribution in [-0.2, 0) is 0 Å². The fraction of sp³-hybridized carbons (Fsp3) is 0. The maximum Gasteiger partial charge on any atom is 0.182 e. The molecule has 0 unspecified atom stereocenters. The number of pyridine rings is 2. The second-order valence-electron chi connectivity index (χ2n) is 11.3. The van der Waals surface area contributed by atoms with Gasteiger partial charge in [-0.25, -0.2) is 19.9 Å². The van der Waals surface area contributed by atoms with Gasteiger partial charge in [-0.05, 0) is 50.9 Å². The highest BCUT2D eigenvalue weighted by molar-refractivity contribution is 6.13. The van der Waals surface area contributed by atoms with Crippen molar-refractivity contribution in [1.29, 1.82) is 0 Å². The largest absolute Gasteiger partial charge is 0.254 e. The number of fused-ring (bicyclic) bond motifs is 6. The van der Waals surface area contributed by atoms with E-state index in [0.717, 1.165) is 60.2 Å². The Morgan fingerprint density at radius 1 is 0.348 bits per heavy atom. The van der Waals surface area contributed by atoms with Crippen LogP contribution in [0.2, 0.25) is 0 Å². The average molecular weight is 588 g/mol. The van der Waals surface area contributed by atoms with Crippen molar-refractivity contribution in [1.82, 2.24) is 24.9 Å². The third-order valence-electron chi connectivity index (χ3n) is 8.56. The predicted molar refractivity (Wildman–Crippen MR) is 187 cm³/mol. The molecule has 0 fully saturated rings. The van der Waals surface area contributed by atoms with E-state index in [1.165, 1.54) is 5.39 Å². The number of benzene rings is 6. The van der Waals surface area contributed by atoms with Crippen LogP contribution in [-0.4, -0.2) is 24.9 Å². The summed E-state index contributed by atoms with van der Waals surface area (Å²) in [6, 6.07) is 50.0. The smallest absolute Gasteiger partial charge is 0.182 e. The van der Waals surface area contributed by atoms with E-state index in [2.05, 4.69) is 132 Å². The number of hydrogen-bond acceptors (Lipinski definition) is 5. The maximum atomic E-state index is 5.11. The SMILES string of the molecule is c1ccc(-c2ccc(-c3nc(-c4ccc5ccc6cccnc6c5n4)nc(-c4cc5ccccc5c5ccccc45)n3)cc2)cc1. The molecule has 214 valence electrons. The molecule has 0 bridgehead atoms. The van der Waals surface area contributed by atoms with Crippen molar-refractivity contribution in [2.24, 2.45) is 0 Å². The molecule has 5 heteroatoms. The summed E-state index contributed by atoms with van der Waals surface area (Å²) in [5.74, 6) is 1.71. The summed E-state index contributed by atoms with van der Waals surface area (Å²) in [4.78, 5) is 25.0. The molecule has 0 saturated carbocycles. The molecule has 0 atom stereocenters. The van der Waals surface area contributed by atoms with Crippen LogP contribution < -0.4 is 0 Å². The molecule has 3 aromatic heterocycles. The minimum absolute atomic E-state index is 0.513. The Bertz CT molecular complexity index is 2580. The van der Waals surface area contributed by atoms with E-state index in [4.69, 9.17) is 19.9 Å². The molecule has 46 heavy (non-hydrogen) atoms. The van der Waals surface area contributed by atoms with Crippen LogP contribution in [0.1, 0.15) is 0 Å². The molecule has 3 heterocycles. The van der Waals surface area contributed by atoms with Crippen molar-refractivity contribution in [3.05, 3.63) is 152 Å². The normalized spacial score (nSPS) is 11.5. The van der Waals surface area contributed by atoms with Gasteiger partial charge >= 0.3 is 0 Å². The lowest BCUT2D eigenvalue weighted by Gasteiger charge is -2.13. The summed E-state index contributed by atoms with van der Waals surface area (Å²) >= 11 is 0. The van der Waals surface area contributed by atoms with Gasteiger partial charge in [-0.15, -0.1) is 0 Å². The van der Waals surface area contributed by atoms with Gasteiger partial charge in [0.25, 0.3) is 0 Å². The average Bonchev–Trinajstić information content (AvgIpc) is 3.14. The zero-order valence-electron chi connectivity index (χ0n) is 24.7. The number of rotatable bonds is 4. The first-order chi connectivity index (χ1) is 22.8. The molecule has 0 saturated heterocycles. The van der Waals surface area contributed by atoms with Gasteiger partial charge in [0.05, 0.1) is 11.0 Å². The topological polar surface area (TPSA) is 64.5 Å². The van der Waals surface area contributed by atoms with Crippen LogP contribution in [0, 0.1) is 0 Å². The van der Waals surface area contributed by atoms with Gasteiger partial charge in [-0.3, -0.25) is 4.98 Å². The monoisotopic (exact) mass is 587 g/mol. The number of nitrogens with zero attached hydrogens (tertiary/aromatic N) is 5. The summed E-state index contributed by atoms with van der Waals surface area (Å²) in [5.41, 5.74) is 6.50. The Labute approximate surface area is 264 Å². The third kappa shape index (κ3) is 4.45. The minimum Gasteiger partial charge on any atom is -0.254 e. The van der Waals surface area contributed by atoms with E-state index in [1.807, 2.05) is 18.2 Å². The molecule has 6 aromatic carbocycles. The van der Waals surface area contributed by atoms with E-state index >= 15 is 0 Å². The molecule has 0 radical (unpaired) electrons. The lowest BCUT2D eigenvalue weighted by molar-refractivity contribution is 1.07. The molecular formula is C41H25N5. The van der Waals surface area contributed by atoms with E-state index in [1.54, 1.807) is 6.20 Å². The van der Waals surface area contributed by atoms with Gasteiger partial charge in [0.15, 0.2) is 17.5 Å². The fourth-order valence-electron chi connectivity index (χ4n) is 6.27. The second-order valence-corrected chi connectivity index (χ2v) is 11.3. The summed E-state index contributed by atoms with van der Waals surface area (Å²) < 4.78 is 0. The van der Waals surface area contributed by atoms with Crippen LogP contribution in [0.3, 0.4) is 0 Å². The zero-order chi connectivity index (χ0) is 30.5. The van der Waals surface area contributed by atoms with E-state index < -0.39 is 0 Å². The van der Waals surface area contributed by atoms with Gasteiger partial charge in [0, 0.05) is 28.1 Å². The van der Waals surface area contributed by atoms with Crippen LogP contribution in [0.15, 0.2) is 152 Å². The van der Waals surface area contributed by atoms with Crippen LogP contribution in [0.25, 0.3) is 88.8 Å². The first kappa shape index (κ1) is 26.1. The molecule has 0 aliphatic carbocycles. The molecule has 0 aliphatic heterocycles. The number of aromatic nitrogens is 5. The Hall–Kier alpha value is -6.33. The molecule has 9 rings (SSSR count). The lowest BCUT2D eigenvalue weighted by Crippen LogP contribution is -2.02. The maximum absolute atomic E-state index is 5.11. The predicted octanol–water partition coefficient (Wildman–Crippen LogP) is 9.94. The second kappa shape index (κ2) is 10.7. The van der Waals surface area contributed by atoms with Crippen molar-refractivity contribution >= 4 is 43.4 Å². The van der Waals surface area contributed by atoms with Crippen molar-refractivity contribution in [3.8, 4) is 45.4 Å². The summed E-state index contributed by atoms with van der Waals surface area (Å²) in [5, 5.41) is 6.63. The summed E-state index contributed by atoms with van der Waals surface area (Å²) in [6.07, 6.45) is 1.80. The van der Waals surface area contributed by atoms with Crippen molar-refractivity contribution in [2.75, 3.05) is 0 Å². The zero-order valence-corrected chi connectivity index (χ0v) is 24.7. The van der Waals surface area contributed by atoms with Crippen molar-refractivity contribution in [2.45, 2.75) is 0 Å². The van der Waals surface area contributed by atoms with E-state index in [-0.39, 0.29) is 0 Å². The molecule has 0 aliphatic rings. The molecule has 9 aromatic rings. The summed E-state index contributed by atoms with van der Waals surface area (Å²) in [7, 11) is 0. The Kier molecular flexibility index (Phi) is 6.06. The minimum atomic E-state index is 0.513. The first-order valence-electron chi connectivity index (χ1n) is 15.3. The highest BCUT2D eigenvalue weighted by Gasteiger charge is 2.17. The van der Waals surface area contributed by atoms with Crippen LogP contribution in [0.5, 0.6) is 0 Å². The third-order valence-corrected chi connectivity index (χ3v) is 8.56. The van der Waals surface area contributed by atoms with Gasteiger partial charge in [0.1, 0.15) is 5.69 Å². The molecule has 0 spiro atoms. The van der Waals surface area contributed by atoms with Gasteiger partial charge in [-0.1, -0.05) is 127 Å². The molecule has 5 nitrogen and oxygen atoms in total. The fourth-order valence-corrected chi connectivity index (χ4v) is 6.27. The van der Waals surface area contributed by atoms with E-state index in [0.29, 0.717) is 23.2 Å². The molecular weight excluding hydrogens is 562 g/mol. The lowest BCUT2D eigenvalue weighted by atomic mass is 9.97. The van der Waals surface area contributed by atoms with Crippen molar-refractivity contribution < 1.29 is 0 Å². The van der Waals surface area contributed by atoms with E-state index in [9.17, 15) is 0 Å². The quantitative estimate of drug-likeness (QED) is 0.192. The highest BCUT2D eigenvalue weighted by Crippen LogP contribution is 2.35. The molecule has 0 N–H and O–H groups in total. The van der Waals surface area contributed by atoms with Crippen LogP contribution >= 0.6 is 0 Å².